The summed E-state index contributed by atoms with van der Waals surface area (Å²) in [7, 11) is 1.63. The molecule has 1 amide bonds. The first-order valence-corrected chi connectivity index (χ1v) is 8.16. The minimum atomic E-state index is -4.56. The zero-order chi connectivity index (χ0) is 20.4. The third kappa shape index (κ3) is 4.94. The van der Waals surface area contributed by atoms with Crippen LogP contribution in [-0.4, -0.2) is 34.8 Å². The summed E-state index contributed by atoms with van der Waals surface area (Å²) >= 11 is 0. The number of aromatic hydroxyl groups is 1. The number of hydrogen-bond acceptors (Lipinski definition) is 5. The predicted octanol–water partition coefficient (Wildman–Crippen LogP) is 3.32. The van der Waals surface area contributed by atoms with Gasteiger partial charge in [-0.15, -0.1) is 10.2 Å². The number of rotatable bonds is 4. The van der Waals surface area contributed by atoms with Crippen molar-refractivity contribution in [3.63, 3.8) is 0 Å². The molecule has 0 atom stereocenters. The molecule has 0 radical (unpaired) electrons. The van der Waals surface area contributed by atoms with Crippen LogP contribution < -0.4 is 10.6 Å². The van der Waals surface area contributed by atoms with Gasteiger partial charge in [0.1, 0.15) is 11.4 Å². The molecule has 6 nitrogen and oxygen atoms in total. The van der Waals surface area contributed by atoms with Crippen molar-refractivity contribution in [1.82, 2.24) is 15.5 Å². The third-order valence-corrected chi connectivity index (χ3v) is 3.79. The van der Waals surface area contributed by atoms with Gasteiger partial charge < -0.3 is 15.7 Å². The van der Waals surface area contributed by atoms with E-state index in [1.54, 1.807) is 13.1 Å². The van der Waals surface area contributed by atoms with E-state index < -0.39 is 22.9 Å². The maximum Gasteiger partial charge on any atom is 0.416 e. The van der Waals surface area contributed by atoms with Gasteiger partial charge in [0.2, 0.25) is 5.91 Å². The molecule has 0 aliphatic rings. The molecule has 0 unspecified atom stereocenters. The number of phenols is 1. The molecule has 2 rings (SSSR count). The van der Waals surface area contributed by atoms with Crippen molar-refractivity contribution in [2.24, 2.45) is 0 Å². The SMILES string of the molecule is CNCC(=O)Nc1cc(C(C)(C)C)c(-c2ccc(C(F)(F)F)cc2O)nn1. The molecule has 1 heterocycles. The first kappa shape index (κ1) is 20.6. The lowest BCUT2D eigenvalue weighted by molar-refractivity contribution is -0.137. The lowest BCUT2D eigenvalue weighted by Gasteiger charge is -2.23. The molecule has 146 valence electrons. The number of carbonyl (C=O) groups is 1. The Morgan fingerprint density at radius 1 is 1.15 bits per heavy atom. The molecular formula is C18H21F3N4O2. The van der Waals surface area contributed by atoms with E-state index in [9.17, 15) is 23.1 Å². The highest BCUT2D eigenvalue weighted by Crippen LogP contribution is 2.39. The van der Waals surface area contributed by atoms with Crippen molar-refractivity contribution in [2.75, 3.05) is 18.9 Å². The van der Waals surface area contributed by atoms with Crippen molar-refractivity contribution in [3.05, 3.63) is 35.4 Å². The van der Waals surface area contributed by atoms with Gasteiger partial charge in [-0.25, -0.2) is 0 Å². The quantitative estimate of drug-likeness (QED) is 0.755. The predicted molar refractivity (Wildman–Crippen MR) is 95.4 cm³/mol. The second-order valence-corrected chi connectivity index (χ2v) is 7.05. The van der Waals surface area contributed by atoms with E-state index in [4.69, 9.17) is 0 Å². The summed E-state index contributed by atoms with van der Waals surface area (Å²) in [6.45, 7) is 5.74. The Balaban J connectivity index is 2.52. The zero-order valence-corrected chi connectivity index (χ0v) is 15.4. The summed E-state index contributed by atoms with van der Waals surface area (Å²) in [4.78, 5) is 11.7. The maximum atomic E-state index is 12.8. The van der Waals surface area contributed by atoms with Crippen LogP contribution in [0.25, 0.3) is 11.3 Å². The van der Waals surface area contributed by atoms with Crippen molar-refractivity contribution < 1.29 is 23.1 Å². The monoisotopic (exact) mass is 382 g/mol. The minimum absolute atomic E-state index is 0.0912. The number of nitrogens with zero attached hydrogens (tertiary/aromatic N) is 2. The van der Waals surface area contributed by atoms with E-state index in [2.05, 4.69) is 20.8 Å². The lowest BCUT2D eigenvalue weighted by Crippen LogP contribution is -2.26. The molecular weight excluding hydrogens is 361 g/mol. The van der Waals surface area contributed by atoms with Crippen LogP contribution in [0.2, 0.25) is 0 Å². The second-order valence-electron chi connectivity index (χ2n) is 7.05. The second kappa shape index (κ2) is 7.51. The van der Waals surface area contributed by atoms with Gasteiger partial charge in [-0.05, 0) is 42.3 Å². The fourth-order valence-electron chi connectivity index (χ4n) is 2.48. The molecule has 1 aromatic heterocycles. The number of benzene rings is 1. The number of nitrogens with one attached hydrogen (secondary N) is 2. The van der Waals surface area contributed by atoms with Crippen molar-refractivity contribution in [3.8, 4) is 17.0 Å². The minimum Gasteiger partial charge on any atom is -0.507 e. The Kier molecular flexibility index (Phi) is 5.74. The number of alkyl halides is 3. The van der Waals surface area contributed by atoms with Gasteiger partial charge >= 0.3 is 6.18 Å². The Hall–Kier alpha value is -2.68. The Bertz CT molecular complexity index is 845. The Morgan fingerprint density at radius 2 is 1.81 bits per heavy atom. The molecule has 2 aromatic rings. The van der Waals surface area contributed by atoms with E-state index >= 15 is 0 Å². The first-order valence-electron chi connectivity index (χ1n) is 8.16. The van der Waals surface area contributed by atoms with Crippen LogP contribution in [0, 0.1) is 0 Å². The van der Waals surface area contributed by atoms with E-state index in [1.807, 2.05) is 20.8 Å². The first-order chi connectivity index (χ1) is 12.4. The van der Waals surface area contributed by atoms with Crippen LogP contribution in [0.15, 0.2) is 24.3 Å². The number of halogens is 3. The molecule has 3 N–H and O–H groups in total. The third-order valence-electron chi connectivity index (χ3n) is 3.79. The highest BCUT2D eigenvalue weighted by Gasteiger charge is 2.32. The number of likely N-dealkylation sites (N-methyl/N-ethyl adjacent to an activating group) is 1. The van der Waals surface area contributed by atoms with Crippen LogP contribution in [0.1, 0.15) is 31.9 Å². The van der Waals surface area contributed by atoms with Gasteiger partial charge in [0, 0.05) is 5.56 Å². The molecule has 0 fully saturated rings. The van der Waals surface area contributed by atoms with Crippen LogP contribution in [0.5, 0.6) is 5.75 Å². The fraction of sp³-hybridized carbons (Fsp3) is 0.389. The summed E-state index contributed by atoms with van der Waals surface area (Å²) < 4.78 is 38.5. The summed E-state index contributed by atoms with van der Waals surface area (Å²) in [5.74, 6) is -0.635. The number of aromatic nitrogens is 2. The van der Waals surface area contributed by atoms with Crippen LogP contribution in [-0.2, 0) is 16.4 Å². The topological polar surface area (TPSA) is 87.1 Å². The molecule has 0 bridgehead atoms. The van der Waals surface area contributed by atoms with Gasteiger partial charge in [0.15, 0.2) is 5.82 Å². The lowest BCUT2D eigenvalue weighted by atomic mass is 9.84. The summed E-state index contributed by atoms with van der Waals surface area (Å²) in [5, 5.41) is 23.4. The van der Waals surface area contributed by atoms with Crippen molar-refractivity contribution in [1.29, 1.82) is 0 Å². The average molecular weight is 382 g/mol. The molecule has 27 heavy (non-hydrogen) atoms. The molecule has 0 aliphatic carbocycles. The van der Waals surface area contributed by atoms with Gasteiger partial charge in [-0.3, -0.25) is 4.79 Å². The highest BCUT2D eigenvalue weighted by molar-refractivity contribution is 5.91. The molecule has 1 aromatic carbocycles. The van der Waals surface area contributed by atoms with E-state index in [0.29, 0.717) is 11.6 Å². The van der Waals surface area contributed by atoms with E-state index in [1.165, 1.54) is 0 Å². The number of hydrogen-bond donors (Lipinski definition) is 3. The van der Waals surface area contributed by atoms with E-state index in [0.717, 1.165) is 12.1 Å². The van der Waals surface area contributed by atoms with Crippen molar-refractivity contribution >= 4 is 11.7 Å². The van der Waals surface area contributed by atoms with Crippen molar-refractivity contribution in [2.45, 2.75) is 32.4 Å². The van der Waals surface area contributed by atoms with Gasteiger partial charge in [0.25, 0.3) is 0 Å². The number of phenolic OH excluding ortho intramolecular Hbond substituents is 1. The standard InChI is InChI=1S/C18H21F3N4O2/c1-17(2,3)12-8-14(23-15(27)9-22-4)24-25-16(12)11-6-5-10(7-13(11)26)18(19,20)21/h5-8,22,26H,9H2,1-4H3,(H,23,24,27). The molecule has 9 heteroatoms. The van der Waals surface area contributed by atoms with Gasteiger partial charge in [-0.2, -0.15) is 13.2 Å². The molecule has 0 saturated carbocycles. The van der Waals surface area contributed by atoms with Gasteiger partial charge in [-0.1, -0.05) is 20.8 Å². The van der Waals surface area contributed by atoms with Crippen LogP contribution in [0.4, 0.5) is 19.0 Å². The maximum absolute atomic E-state index is 12.8. The normalized spacial score (nSPS) is 12.1. The number of carbonyl (C=O) groups excluding carboxylic acids is 1. The van der Waals surface area contributed by atoms with Crippen LogP contribution >= 0.6 is 0 Å². The summed E-state index contributed by atoms with van der Waals surface area (Å²) in [6.07, 6.45) is -4.56. The zero-order valence-electron chi connectivity index (χ0n) is 15.4. The summed E-state index contributed by atoms with van der Waals surface area (Å²) in [6, 6.07) is 4.31. The molecule has 0 aliphatic heterocycles. The smallest absolute Gasteiger partial charge is 0.416 e. The molecule has 0 spiro atoms. The van der Waals surface area contributed by atoms with E-state index in [-0.39, 0.29) is 29.5 Å². The molecule has 0 saturated heterocycles. The number of anilines is 1. The fourth-order valence-corrected chi connectivity index (χ4v) is 2.48. The van der Waals surface area contributed by atoms with Gasteiger partial charge in [0.05, 0.1) is 12.1 Å². The summed E-state index contributed by atoms with van der Waals surface area (Å²) in [5.41, 5.74) is -0.422. The Labute approximate surface area is 154 Å². The Morgan fingerprint density at radius 3 is 2.33 bits per heavy atom. The van der Waals surface area contributed by atoms with Crippen LogP contribution in [0.3, 0.4) is 0 Å². The highest BCUT2D eigenvalue weighted by atomic mass is 19.4. The average Bonchev–Trinajstić information content (AvgIpc) is 2.53. The number of amides is 1. The largest absolute Gasteiger partial charge is 0.507 e.